The van der Waals surface area contributed by atoms with Gasteiger partial charge >= 0.3 is 0 Å². The molecule has 0 aliphatic heterocycles. The number of rotatable bonds is 7. The van der Waals surface area contributed by atoms with E-state index < -0.39 is 10.0 Å². The van der Waals surface area contributed by atoms with E-state index in [0.717, 1.165) is 5.56 Å². The average Bonchev–Trinajstić information content (AvgIpc) is 2.27. The molecule has 6 heteroatoms. The minimum absolute atomic E-state index is 0.0219. The molecular formula is C13H21N3O2S. The third-order valence-electron chi connectivity index (χ3n) is 2.74. The van der Waals surface area contributed by atoms with Gasteiger partial charge in [0, 0.05) is 12.5 Å². The van der Waals surface area contributed by atoms with Crippen molar-refractivity contribution >= 4 is 15.9 Å². The first-order chi connectivity index (χ1) is 8.80. The van der Waals surface area contributed by atoms with Crippen LogP contribution >= 0.6 is 0 Å². The lowest BCUT2D eigenvalue weighted by molar-refractivity contribution is 0.559. The molecule has 2 unspecified atom stereocenters. The summed E-state index contributed by atoms with van der Waals surface area (Å²) in [6.45, 7) is 3.58. The molecule has 0 amide bonds. The molecule has 4 N–H and O–H groups in total. The fourth-order valence-electron chi connectivity index (χ4n) is 1.93. The number of benzene rings is 1. The second-order valence-corrected chi connectivity index (χ2v) is 6.64. The van der Waals surface area contributed by atoms with Gasteiger partial charge in [0.1, 0.15) is 0 Å². The quantitative estimate of drug-likeness (QED) is 0.521. The van der Waals surface area contributed by atoms with Crippen molar-refractivity contribution in [3.05, 3.63) is 35.9 Å². The molecule has 106 valence electrons. The fourth-order valence-corrected chi connectivity index (χ4v) is 3.58. The molecule has 0 heterocycles. The topological polar surface area (TPSA) is 96.0 Å². The lowest BCUT2D eigenvalue weighted by Gasteiger charge is -2.16. The maximum atomic E-state index is 12.0. The van der Waals surface area contributed by atoms with Crippen LogP contribution in [-0.4, -0.2) is 26.0 Å². The number of nitrogens with one attached hydrogen (secondary N) is 2. The van der Waals surface area contributed by atoms with E-state index in [0.29, 0.717) is 0 Å². The van der Waals surface area contributed by atoms with E-state index in [9.17, 15) is 8.42 Å². The molecule has 1 rings (SSSR count). The van der Waals surface area contributed by atoms with Crippen LogP contribution in [0.2, 0.25) is 0 Å². The van der Waals surface area contributed by atoms with Crippen LogP contribution in [0.25, 0.3) is 0 Å². The molecular weight excluding hydrogens is 262 g/mol. The van der Waals surface area contributed by atoms with Crippen molar-refractivity contribution in [1.82, 2.24) is 4.72 Å². The second-order valence-electron chi connectivity index (χ2n) is 4.84. The molecule has 2 atom stereocenters. The normalized spacial score (nSPS) is 14.8. The third kappa shape index (κ3) is 5.85. The van der Waals surface area contributed by atoms with E-state index in [-0.39, 0.29) is 30.0 Å². The highest BCUT2D eigenvalue weighted by atomic mass is 32.2. The minimum Gasteiger partial charge on any atom is -0.388 e. The van der Waals surface area contributed by atoms with E-state index in [1.807, 2.05) is 37.3 Å². The Balaban J connectivity index is 2.62. The summed E-state index contributed by atoms with van der Waals surface area (Å²) in [5.74, 6) is -0.0752. The smallest absolute Gasteiger partial charge is 0.212 e. The van der Waals surface area contributed by atoms with E-state index in [1.54, 1.807) is 6.92 Å². The molecule has 0 fully saturated rings. The maximum Gasteiger partial charge on any atom is 0.212 e. The van der Waals surface area contributed by atoms with Gasteiger partial charge in [-0.05, 0) is 18.4 Å². The molecule has 0 spiro atoms. The van der Waals surface area contributed by atoms with Crippen LogP contribution in [0.5, 0.6) is 0 Å². The fraction of sp³-hybridized carbons (Fsp3) is 0.462. The van der Waals surface area contributed by atoms with Crippen LogP contribution in [0.3, 0.4) is 0 Å². The van der Waals surface area contributed by atoms with Crippen molar-refractivity contribution in [2.24, 2.45) is 5.73 Å². The van der Waals surface area contributed by atoms with Gasteiger partial charge in [-0.15, -0.1) is 0 Å². The van der Waals surface area contributed by atoms with Crippen molar-refractivity contribution in [3.63, 3.8) is 0 Å². The number of sulfonamides is 1. The standard InChI is InChI=1S/C13H21N3O2S/c1-10(12-6-4-3-5-7-12)9-19(17,18)16-11(2)8-13(14)15/h3-7,10-11,16H,8-9H2,1-2H3,(H3,14,15). The van der Waals surface area contributed by atoms with E-state index in [4.69, 9.17) is 11.1 Å². The Hall–Kier alpha value is -1.40. The van der Waals surface area contributed by atoms with Crippen molar-refractivity contribution in [2.45, 2.75) is 32.2 Å². The van der Waals surface area contributed by atoms with Crippen LogP contribution in [0, 0.1) is 5.41 Å². The average molecular weight is 283 g/mol. The van der Waals surface area contributed by atoms with Crippen LogP contribution < -0.4 is 10.5 Å². The lowest BCUT2D eigenvalue weighted by atomic mass is 10.0. The number of hydrogen-bond acceptors (Lipinski definition) is 3. The van der Waals surface area contributed by atoms with Gasteiger partial charge in [-0.25, -0.2) is 13.1 Å². The van der Waals surface area contributed by atoms with Crippen molar-refractivity contribution in [2.75, 3.05) is 5.75 Å². The van der Waals surface area contributed by atoms with Gasteiger partial charge in [0.15, 0.2) is 0 Å². The first-order valence-electron chi connectivity index (χ1n) is 6.18. The van der Waals surface area contributed by atoms with Gasteiger partial charge in [0.2, 0.25) is 10.0 Å². The minimum atomic E-state index is -3.38. The highest BCUT2D eigenvalue weighted by Crippen LogP contribution is 2.16. The van der Waals surface area contributed by atoms with Gasteiger partial charge in [-0.2, -0.15) is 0 Å². The third-order valence-corrected chi connectivity index (χ3v) is 4.45. The van der Waals surface area contributed by atoms with E-state index >= 15 is 0 Å². The Bertz CT molecular complexity index is 514. The van der Waals surface area contributed by atoms with E-state index in [1.165, 1.54) is 0 Å². The summed E-state index contributed by atoms with van der Waals surface area (Å²) in [5.41, 5.74) is 6.25. The lowest BCUT2D eigenvalue weighted by Crippen LogP contribution is -2.37. The Morgan fingerprint density at radius 2 is 1.89 bits per heavy atom. The Kier molecular flexibility index (Phi) is 5.50. The zero-order chi connectivity index (χ0) is 14.5. The van der Waals surface area contributed by atoms with E-state index in [2.05, 4.69) is 4.72 Å². The largest absolute Gasteiger partial charge is 0.388 e. The van der Waals surface area contributed by atoms with Gasteiger partial charge in [-0.3, -0.25) is 5.41 Å². The first kappa shape index (κ1) is 15.7. The zero-order valence-corrected chi connectivity index (χ0v) is 12.1. The van der Waals surface area contributed by atoms with Gasteiger partial charge in [0.25, 0.3) is 0 Å². The molecule has 0 radical (unpaired) electrons. The highest BCUT2D eigenvalue weighted by Gasteiger charge is 2.19. The molecule has 5 nitrogen and oxygen atoms in total. The van der Waals surface area contributed by atoms with Crippen molar-refractivity contribution < 1.29 is 8.42 Å². The maximum absolute atomic E-state index is 12.0. The number of amidine groups is 1. The van der Waals surface area contributed by atoms with Crippen LogP contribution in [0.15, 0.2) is 30.3 Å². The van der Waals surface area contributed by atoms with Crippen molar-refractivity contribution in [3.8, 4) is 0 Å². The molecule has 0 aromatic heterocycles. The van der Waals surface area contributed by atoms with Crippen molar-refractivity contribution in [1.29, 1.82) is 5.41 Å². The molecule has 0 saturated carbocycles. The Morgan fingerprint density at radius 1 is 1.32 bits per heavy atom. The molecule has 0 aliphatic carbocycles. The monoisotopic (exact) mass is 283 g/mol. The molecule has 0 aliphatic rings. The predicted molar refractivity (Wildman–Crippen MR) is 77.8 cm³/mol. The summed E-state index contributed by atoms with van der Waals surface area (Å²) in [5, 5.41) is 7.15. The highest BCUT2D eigenvalue weighted by molar-refractivity contribution is 7.89. The molecule has 1 aromatic rings. The molecule has 19 heavy (non-hydrogen) atoms. The predicted octanol–water partition coefficient (Wildman–Crippen LogP) is 1.42. The van der Waals surface area contributed by atoms with Crippen LogP contribution in [0.1, 0.15) is 31.7 Å². The first-order valence-corrected chi connectivity index (χ1v) is 7.83. The molecule has 1 aromatic carbocycles. The Labute approximate surface area is 114 Å². The summed E-state index contributed by atoms with van der Waals surface area (Å²) in [4.78, 5) is 0. The SMILES string of the molecule is CC(CC(=N)N)NS(=O)(=O)CC(C)c1ccccc1. The van der Waals surface area contributed by atoms with Gasteiger partial charge in [0.05, 0.1) is 11.6 Å². The summed E-state index contributed by atoms with van der Waals surface area (Å²) < 4.78 is 26.5. The van der Waals surface area contributed by atoms with Gasteiger partial charge in [-0.1, -0.05) is 37.3 Å². The number of hydrogen-bond donors (Lipinski definition) is 3. The molecule has 0 bridgehead atoms. The van der Waals surface area contributed by atoms with Crippen LogP contribution in [-0.2, 0) is 10.0 Å². The van der Waals surface area contributed by atoms with Crippen LogP contribution in [0.4, 0.5) is 0 Å². The summed E-state index contributed by atoms with van der Waals surface area (Å²) in [6, 6.07) is 9.16. The Morgan fingerprint density at radius 3 is 2.42 bits per heavy atom. The summed E-state index contributed by atoms with van der Waals surface area (Å²) >= 11 is 0. The van der Waals surface area contributed by atoms with Gasteiger partial charge < -0.3 is 5.73 Å². The zero-order valence-electron chi connectivity index (χ0n) is 11.3. The summed E-state index contributed by atoms with van der Waals surface area (Å²) in [7, 11) is -3.38. The second kappa shape index (κ2) is 6.68. The number of nitrogens with two attached hydrogens (primary N) is 1. The summed E-state index contributed by atoms with van der Waals surface area (Å²) in [6.07, 6.45) is 0.221. The molecule has 0 saturated heterocycles.